The van der Waals surface area contributed by atoms with Gasteiger partial charge in [-0.1, -0.05) is 23.7 Å². The van der Waals surface area contributed by atoms with E-state index in [1.807, 2.05) is 17.1 Å². The predicted molar refractivity (Wildman–Crippen MR) is 105 cm³/mol. The molecule has 0 spiro atoms. The van der Waals surface area contributed by atoms with E-state index >= 15 is 0 Å². The third-order valence-electron chi connectivity index (χ3n) is 5.94. The van der Waals surface area contributed by atoms with Crippen molar-refractivity contribution in [3.63, 3.8) is 0 Å². The molecule has 0 N–H and O–H groups in total. The van der Waals surface area contributed by atoms with Crippen molar-refractivity contribution in [3.05, 3.63) is 69.2 Å². The number of halogens is 1. The Kier molecular flexibility index (Phi) is 4.16. The van der Waals surface area contributed by atoms with E-state index in [0.717, 1.165) is 25.1 Å². The predicted octanol–water partition coefficient (Wildman–Crippen LogP) is 2.78. The summed E-state index contributed by atoms with van der Waals surface area (Å²) in [4.78, 5) is 38.2. The van der Waals surface area contributed by atoms with E-state index in [2.05, 4.69) is 5.01 Å². The van der Waals surface area contributed by atoms with Crippen LogP contribution >= 0.6 is 11.6 Å². The van der Waals surface area contributed by atoms with Crippen molar-refractivity contribution in [3.8, 4) is 0 Å². The van der Waals surface area contributed by atoms with Crippen molar-refractivity contribution >= 4 is 34.8 Å². The number of nitrogens with zero attached hydrogens (tertiary/aromatic N) is 4. The average Bonchev–Trinajstić information content (AvgIpc) is 3.35. The van der Waals surface area contributed by atoms with E-state index in [9.17, 15) is 19.7 Å². The van der Waals surface area contributed by atoms with Gasteiger partial charge < -0.3 is 0 Å². The van der Waals surface area contributed by atoms with Gasteiger partial charge in [0.2, 0.25) is 5.91 Å². The second-order valence-electron chi connectivity index (χ2n) is 7.43. The molecule has 3 atom stereocenters. The first-order valence-electron chi connectivity index (χ1n) is 9.38. The molecule has 3 aliphatic rings. The van der Waals surface area contributed by atoms with E-state index in [4.69, 9.17) is 11.6 Å². The molecule has 0 aromatic heterocycles. The van der Waals surface area contributed by atoms with E-state index in [-0.39, 0.29) is 23.5 Å². The molecule has 3 aliphatic heterocycles. The zero-order chi connectivity index (χ0) is 20.3. The number of hydrogen-bond donors (Lipinski definition) is 0. The molecule has 0 bridgehead atoms. The number of amides is 2. The minimum atomic E-state index is -0.555. The molecule has 29 heavy (non-hydrogen) atoms. The molecule has 9 heteroatoms. The number of hydrogen-bond acceptors (Lipinski definition) is 6. The number of carbonyl (C=O) groups is 2. The molecular formula is C20H17ClN4O4. The summed E-state index contributed by atoms with van der Waals surface area (Å²) >= 11 is 6.03. The number of hydrazine groups is 1. The molecule has 148 valence electrons. The summed E-state index contributed by atoms with van der Waals surface area (Å²) in [6.45, 7) is 1.51. The normalized spacial score (nSPS) is 26.8. The first kappa shape index (κ1) is 18.2. The third kappa shape index (κ3) is 2.67. The summed E-state index contributed by atoms with van der Waals surface area (Å²) < 4.78 is 0. The van der Waals surface area contributed by atoms with E-state index in [1.54, 1.807) is 12.1 Å². The van der Waals surface area contributed by atoms with Crippen LogP contribution in [0.3, 0.4) is 0 Å². The Labute approximate surface area is 171 Å². The third-order valence-corrected chi connectivity index (χ3v) is 6.19. The van der Waals surface area contributed by atoms with Gasteiger partial charge in [-0.25, -0.2) is 14.9 Å². The summed E-state index contributed by atoms with van der Waals surface area (Å²) in [5.41, 5.74) is 1.22. The van der Waals surface area contributed by atoms with Crippen molar-refractivity contribution in [2.24, 2.45) is 5.92 Å². The second kappa shape index (κ2) is 6.62. The van der Waals surface area contributed by atoms with Crippen molar-refractivity contribution in [2.45, 2.75) is 18.5 Å². The summed E-state index contributed by atoms with van der Waals surface area (Å²) in [7, 11) is 0. The molecule has 0 saturated carbocycles. The summed E-state index contributed by atoms with van der Waals surface area (Å²) in [6, 6.07) is 12.1. The van der Waals surface area contributed by atoms with Crippen LogP contribution in [0.15, 0.2) is 48.5 Å². The molecule has 5 rings (SSSR count). The van der Waals surface area contributed by atoms with Gasteiger partial charge in [-0.2, -0.15) is 0 Å². The minimum Gasteiger partial charge on any atom is -0.274 e. The molecule has 2 aromatic rings. The van der Waals surface area contributed by atoms with Crippen LogP contribution in [-0.2, 0) is 9.59 Å². The Morgan fingerprint density at radius 3 is 2.14 bits per heavy atom. The first-order chi connectivity index (χ1) is 14.0. The highest BCUT2D eigenvalue weighted by molar-refractivity contribution is 6.30. The van der Waals surface area contributed by atoms with Crippen LogP contribution < -0.4 is 4.90 Å². The Hall–Kier alpha value is -2.81. The molecular weight excluding hydrogens is 396 g/mol. The average molecular weight is 413 g/mol. The zero-order valence-corrected chi connectivity index (χ0v) is 16.0. The number of carbonyl (C=O) groups excluding carboxylic acids is 2. The maximum atomic E-state index is 13.4. The number of imide groups is 1. The van der Waals surface area contributed by atoms with Gasteiger partial charge in [-0.3, -0.25) is 19.7 Å². The van der Waals surface area contributed by atoms with Crippen LogP contribution in [0.1, 0.15) is 18.0 Å². The Morgan fingerprint density at radius 1 is 0.897 bits per heavy atom. The number of benzene rings is 2. The van der Waals surface area contributed by atoms with Crippen molar-refractivity contribution < 1.29 is 14.5 Å². The molecule has 3 heterocycles. The van der Waals surface area contributed by atoms with Crippen LogP contribution in [0.4, 0.5) is 11.4 Å². The van der Waals surface area contributed by atoms with Crippen LogP contribution in [-0.4, -0.2) is 45.9 Å². The Bertz CT molecular complexity index is 1010. The van der Waals surface area contributed by atoms with Crippen LogP contribution in [0.2, 0.25) is 5.02 Å². The minimum absolute atomic E-state index is 0.0854. The molecule has 0 aliphatic carbocycles. The molecule has 2 aromatic carbocycles. The van der Waals surface area contributed by atoms with Crippen molar-refractivity contribution in [1.82, 2.24) is 10.0 Å². The van der Waals surface area contributed by atoms with Crippen LogP contribution in [0.25, 0.3) is 0 Å². The lowest BCUT2D eigenvalue weighted by atomic mass is 9.90. The number of nitro benzene ring substituents is 1. The maximum absolute atomic E-state index is 13.4. The number of fused-ring (bicyclic) bond motifs is 3. The largest absolute Gasteiger partial charge is 0.274 e. The smallest absolute Gasteiger partial charge is 0.269 e. The maximum Gasteiger partial charge on any atom is 0.269 e. The van der Waals surface area contributed by atoms with Gasteiger partial charge >= 0.3 is 0 Å². The van der Waals surface area contributed by atoms with Crippen molar-refractivity contribution in [2.75, 3.05) is 18.0 Å². The highest BCUT2D eigenvalue weighted by atomic mass is 35.5. The van der Waals surface area contributed by atoms with E-state index in [0.29, 0.717) is 10.7 Å². The number of rotatable bonds is 3. The summed E-state index contributed by atoms with van der Waals surface area (Å²) in [5.74, 6) is -1.08. The van der Waals surface area contributed by atoms with E-state index in [1.165, 1.54) is 29.2 Å². The number of anilines is 1. The standard InChI is InChI=1S/C20H17ClN4O4/c21-13-4-2-12(3-5-13)17-16-18(23-11-1-10-22(17)23)20(27)24(19(16)26)14-6-8-15(9-7-14)25(28)29/h2-9,16-18H,1,10-11H2/t16-,17-,18-/m1/s1. The molecule has 3 saturated heterocycles. The van der Waals surface area contributed by atoms with Crippen LogP contribution in [0, 0.1) is 16.0 Å². The van der Waals surface area contributed by atoms with Gasteiger partial charge in [0.1, 0.15) is 6.04 Å². The molecule has 0 radical (unpaired) electrons. The zero-order valence-electron chi connectivity index (χ0n) is 15.3. The second-order valence-corrected chi connectivity index (χ2v) is 7.87. The fourth-order valence-electron chi connectivity index (χ4n) is 4.75. The topological polar surface area (TPSA) is 87.0 Å². The fraction of sp³-hybridized carbons (Fsp3) is 0.300. The quantitative estimate of drug-likeness (QED) is 0.437. The SMILES string of the molecule is O=C1[C@@H]2[C@@H](c3ccc(Cl)cc3)N3CCCN3[C@H]2C(=O)N1c1ccc([N+](=O)[O-])cc1. The van der Waals surface area contributed by atoms with Gasteiger partial charge in [0, 0.05) is 30.2 Å². The van der Waals surface area contributed by atoms with Gasteiger partial charge in [0.25, 0.3) is 11.6 Å². The lowest BCUT2D eigenvalue weighted by Crippen LogP contribution is -2.44. The molecule has 2 amide bonds. The van der Waals surface area contributed by atoms with Gasteiger partial charge in [0.15, 0.2) is 0 Å². The van der Waals surface area contributed by atoms with Gasteiger partial charge in [-0.15, -0.1) is 0 Å². The van der Waals surface area contributed by atoms with Crippen molar-refractivity contribution in [1.29, 1.82) is 0 Å². The lowest BCUT2D eigenvalue weighted by molar-refractivity contribution is -0.384. The highest BCUT2D eigenvalue weighted by Gasteiger charge is 2.62. The van der Waals surface area contributed by atoms with E-state index < -0.39 is 16.9 Å². The summed E-state index contributed by atoms with van der Waals surface area (Å²) in [6.07, 6.45) is 0.923. The highest BCUT2D eigenvalue weighted by Crippen LogP contribution is 2.49. The number of non-ortho nitro benzene ring substituents is 1. The molecule has 8 nitrogen and oxygen atoms in total. The van der Waals surface area contributed by atoms with Gasteiger partial charge in [0.05, 0.1) is 22.6 Å². The summed E-state index contributed by atoms with van der Waals surface area (Å²) in [5, 5.41) is 15.7. The fourth-order valence-corrected chi connectivity index (χ4v) is 4.88. The Balaban J connectivity index is 1.54. The van der Waals surface area contributed by atoms with Gasteiger partial charge in [-0.05, 0) is 36.2 Å². The van der Waals surface area contributed by atoms with Crippen LogP contribution in [0.5, 0.6) is 0 Å². The monoisotopic (exact) mass is 412 g/mol. The number of nitro groups is 1. The molecule has 0 unspecified atom stereocenters. The molecule has 3 fully saturated rings. The first-order valence-corrected chi connectivity index (χ1v) is 9.76. The lowest BCUT2D eigenvalue weighted by Gasteiger charge is -2.29. The Morgan fingerprint density at radius 2 is 1.52 bits per heavy atom.